The zero-order chi connectivity index (χ0) is 19.1. The van der Waals surface area contributed by atoms with Crippen molar-refractivity contribution in [2.24, 2.45) is 7.05 Å². The molecule has 2 aromatic heterocycles. The van der Waals surface area contributed by atoms with Crippen molar-refractivity contribution in [2.75, 3.05) is 16.8 Å². The number of hydrogen-bond acceptors (Lipinski definition) is 5. The first kappa shape index (κ1) is 17.3. The van der Waals surface area contributed by atoms with Crippen molar-refractivity contribution in [2.45, 2.75) is 25.8 Å². The first-order valence-corrected chi connectivity index (χ1v) is 8.62. The summed E-state index contributed by atoms with van der Waals surface area (Å²) in [5, 5.41) is 7.71. The molecule has 4 rings (SSSR count). The number of hydrogen-bond donors (Lipinski definition) is 1. The Hall–Kier alpha value is -3.10. The van der Waals surface area contributed by atoms with Crippen molar-refractivity contribution < 1.29 is 13.6 Å². The Morgan fingerprint density at radius 2 is 1.96 bits per heavy atom. The number of anilines is 2. The fraction of sp³-hybridized carbons (Fsp3) is 0.333. The molecule has 3 heterocycles. The first-order valence-electron chi connectivity index (χ1n) is 8.62. The van der Waals surface area contributed by atoms with E-state index in [0.29, 0.717) is 24.2 Å². The second-order valence-electron chi connectivity index (χ2n) is 6.60. The fourth-order valence-corrected chi connectivity index (χ4v) is 3.42. The van der Waals surface area contributed by atoms with Gasteiger partial charge < -0.3 is 5.32 Å². The maximum absolute atomic E-state index is 13.7. The SMILES string of the molecule is Cc1cc(N2CCCC(Nc3ncnc4cc(F)c(F)cc34)C2=O)n(C)n1. The Kier molecular flexibility index (Phi) is 4.21. The van der Waals surface area contributed by atoms with Gasteiger partial charge in [-0.25, -0.2) is 18.7 Å². The van der Waals surface area contributed by atoms with Crippen LogP contribution in [0.25, 0.3) is 10.9 Å². The Bertz CT molecular complexity index is 1030. The average Bonchev–Trinajstić information content (AvgIpc) is 2.96. The molecule has 0 radical (unpaired) electrons. The van der Waals surface area contributed by atoms with E-state index in [1.165, 1.54) is 6.33 Å². The van der Waals surface area contributed by atoms with Crippen molar-refractivity contribution in [3.8, 4) is 0 Å². The topological polar surface area (TPSA) is 75.9 Å². The second kappa shape index (κ2) is 6.57. The van der Waals surface area contributed by atoms with Gasteiger partial charge >= 0.3 is 0 Å². The Morgan fingerprint density at radius 1 is 1.19 bits per heavy atom. The summed E-state index contributed by atoms with van der Waals surface area (Å²) in [4.78, 5) is 22.8. The van der Waals surface area contributed by atoms with Gasteiger partial charge in [-0.15, -0.1) is 0 Å². The molecule has 1 saturated heterocycles. The standard InChI is InChI=1S/C18H18F2N6O/c1-10-6-16(25(2)24-10)26-5-3-4-14(18(26)27)23-17-11-7-12(19)13(20)8-15(11)21-9-22-17/h6-9,14H,3-5H2,1-2H3,(H,21,22,23). The highest BCUT2D eigenvalue weighted by Gasteiger charge is 2.32. The number of aromatic nitrogens is 4. The molecule has 0 aliphatic carbocycles. The van der Waals surface area contributed by atoms with Gasteiger partial charge in [0.05, 0.1) is 11.2 Å². The van der Waals surface area contributed by atoms with Gasteiger partial charge in [0.25, 0.3) is 5.91 Å². The van der Waals surface area contributed by atoms with Gasteiger partial charge in [0.15, 0.2) is 11.6 Å². The van der Waals surface area contributed by atoms with E-state index in [9.17, 15) is 13.6 Å². The van der Waals surface area contributed by atoms with Crippen molar-refractivity contribution in [1.29, 1.82) is 0 Å². The number of aryl methyl sites for hydroxylation is 2. The van der Waals surface area contributed by atoms with Crippen molar-refractivity contribution in [3.63, 3.8) is 0 Å². The molecule has 1 N–H and O–H groups in total. The van der Waals surface area contributed by atoms with Crippen LogP contribution in [0, 0.1) is 18.6 Å². The quantitative estimate of drug-likeness (QED) is 0.765. The Morgan fingerprint density at radius 3 is 2.70 bits per heavy atom. The molecule has 1 fully saturated rings. The van der Waals surface area contributed by atoms with Crippen LogP contribution in [-0.2, 0) is 11.8 Å². The highest BCUT2D eigenvalue weighted by molar-refractivity contribution is 6.00. The third kappa shape index (κ3) is 3.09. The van der Waals surface area contributed by atoms with Gasteiger partial charge in [-0.1, -0.05) is 0 Å². The van der Waals surface area contributed by atoms with Crippen LogP contribution in [0.15, 0.2) is 24.5 Å². The smallest absolute Gasteiger partial charge is 0.250 e. The van der Waals surface area contributed by atoms with Crippen LogP contribution in [0.4, 0.5) is 20.4 Å². The molecule has 9 heteroatoms. The summed E-state index contributed by atoms with van der Waals surface area (Å²) in [5.74, 6) is -1.04. The molecule has 0 spiro atoms. The highest BCUT2D eigenvalue weighted by Crippen LogP contribution is 2.26. The van der Waals surface area contributed by atoms with Crippen LogP contribution >= 0.6 is 0 Å². The fourth-order valence-electron chi connectivity index (χ4n) is 3.42. The van der Waals surface area contributed by atoms with Gasteiger partial charge in [-0.3, -0.25) is 14.4 Å². The maximum atomic E-state index is 13.7. The minimum absolute atomic E-state index is 0.112. The normalized spacial score (nSPS) is 17.6. The molecule has 1 amide bonds. The number of carbonyl (C=O) groups excluding carboxylic acids is 1. The lowest BCUT2D eigenvalue weighted by molar-refractivity contribution is -0.120. The number of piperidine rings is 1. The van der Waals surface area contributed by atoms with Crippen LogP contribution < -0.4 is 10.2 Å². The number of fused-ring (bicyclic) bond motifs is 1. The summed E-state index contributed by atoms with van der Waals surface area (Å²) < 4.78 is 28.8. The summed E-state index contributed by atoms with van der Waals surface area (Å²) in [6.45, 7) is 2.47. The summed E-state index contributed by atoms with van der Waals surface area (Å²) in [6, 6.07) is 3.40. The van der Waals surface area contributed by atoms with Gasteiger partial charge in [0.1, 0.15) is 24.0 Å². The minimum atomic E-state index is -0.984. The number of nitrogens with one attached hydrogen (secondary N) is 1. The number of halogens is 2. The van der Waals surface area contributed by atoms with E-state index >= 15 is 0 Å². The number of nitrogens with zero attached hydrogens (tertiary/aromatic N) is 5. The molecule has 0 saturated carbocycles. The predicted molar refractivity (Wildman–Crippen MR) is 96.4 cm³/mol. The molecular weight excluding hydrogens is 354 g/mol. The molecule has 1 aromatic carbocycles. The molecule has 7 nitrogen and oxygen atoms in total. The largest absolute Gasteiger partial charge is 0.358 e. The summed E-state index contributed by atoms with van der Waals surface area (Å²) in [5.41, 5.74) is 1.10. The lowest BCUT2D eigenvalue weighted by atomic mass is 10.0. The molecule has 1 aliphatic rings. The third-order valence-electron chi connectivity index (χ3n) is 4.68. The number of amides is 1. The van der Waals surface area contributed by atoms with Gasteiger partial charge in [0, 0.05) is 31.1 Å². The molecular formula is C18H18F2N6O. The first-order chi connectivity index (χ1) is 12.9. The van der Waals surface area contributed by atoms with E-state index in [-0.39, 0.29) is 11.4 Å². The average molecular weight is 372 g/mol. The van der Waals surface area contributed by atoms with Gasteiger partial charge in [-0.05, 0) is 25.8 Å². The Balaban J connectivity index is 1.64. The van der Waals surface area contributed by atoms with Crippen LogP contribution in [0.1, 0.15) is 18.5 Å². The molecule has 0 bridgehead atoms. The lowest BCUT2D eigenvalue weighted by Gasteiger charge is -2.32. The minimum Gasteiger partial charge on any atom is -0.358 e. The third-order valence-corrected chi connectivity index (χ3v) is 4.68. The van der Waals surface area contributed by atoms with Crippen molar-refractivity contribution in [1.82, 2.24) is 19.7 Å². The molecule has 27 heavy (non-hydrogen) atoms. The summed E-state index contributed by atoms with van der Waals surface area (Å²) in [7, 11) is 1.79. The van der Waals surface area contributed by atoms with Crippen LogP contribution in [-0.4, -0.2) is 38.2 Å². The zero-order valence-electron chi connectivity index (χ0n) is 14.9. The van der Waals surface area contributed by atoms with E-state index in [1.807, 2.05) is 13.0 Å². The number of benzene rings is 1. The van der Waals surface area contributed by atoms with Gasteiger partial charge in [0.2, 0.25) is 0 Å². The van der Waals surface area contributed by atoms with E-state index < -0.39 is 17.7 Å². The van der Waals surface area contributed by atoms with Crippen LogP contribution in [0.3, 0.4) is 0 Å². The predicted octanol–water partition coefficient (Wildman–Crippen LogP) is 2.56. The van der Waals surface area contributed by atoms with E-state index in [1.54, 1.807) is 16.6 Å². The van der Waals surface area contributed by atoms with E-state index in [2.05, 4.69) is 20.4 Å². The number of carbonyl (C=O) groups is 1. The monoisotopic (exact) mass is 372 g/mol. The number of rotatable bonds is 3. The lowest BCUT2D eigenvalue weighted by Crippen LogP contribution is -2.48. The molecule has 3 aromatic rings. The second-order valence-corrected chi connectivity index (χ2v) is 6.60. The van der Waals surface area contributed by atoms with E-state index in [4.69, 9.17) is 0 Å². The van der Waals surface area contributed by atoms with Gasteiger partial charge in [-0.2, -0.15) is 5.10 Å². The van der Waals surface area contributed by atoms with Crippen LogP contribution in [0.2, 0.25) is 0 Å². The molecule has 1 unspecified atom stereocenters. The maximum Gasteiger partial charge on any atom is 0.250 e. The summed E-state index contributed by atoms with van der Waals surface area (Å²) >= 11 is 0. The Labute approximate surface area is 154 Å². The molecule has 140 valence electrons. The molecule has 1 atom stereocenters. The van der Waals surface area contributed by atoms with Crippen molar-refractivity contribution in [3.05, 3.63) is 41.9 Å². The highest BCUT2D eigenvalue weighted by atomic mass is 19.2. The van der Waals surface area contributed by atoms with Crippen molar-refractivity contribution >= 4 is 28.4 Å². The van der Waals surface area contributed by atoms with Crippen LogP contribution in [0.5, 0.6) is 0 Å². The summed E-state index contributed by atoms with van der Waals surface area (Å²) in [6.07, 6.45) is 2.67. The zero-order valence-corrected chi connectivity index (χ0v) is 14.9. The van der Waals surface area contributed by atoms with E-state index in [0.717, 1.165) is 30.1 Å². The molecule has 1 aliphatic heterocycles.